The Balaban J connectivity index is 2.04. The molecular formula is C15H17BrN4O5. The monoisotopic (exact) mass is 412 g/mol. The predicted octanol–water partition coefficient (Wildman–Crippen LogP) is 3.09. The van der Waals surface area contributed by atoms with Crippen LogP contribution in [0.5, 0.6) is 0 Å². The minimum absolute atomic E-state index is 0.148. The van der Waals surface area contributed by atoms with Crippen LogP contribution in [-0.4, -0.2) is 44.3 Å². The van der Waals surface area contributed by atoms with E-state index in [2.05, 4.69) is 25.9 Å². The maximum atomic E-state index is 12.8. The zero-order valence-corrected chi connectivity index (χ0v) is 14.8. The molecule has 2 aliphatic rings. The first kappa shape index (κ1) is 17.6. The summed E-state index contributed by atoms with van der Waals surface area (Å²) in [4.78, 5) is 45.5. The minimum Gasteiger partial charge on any atom is -0.465 e. The van der Waals surface area contributed by atoms with Crippen LogP contribution in [0.25, 0.3) is 0 Å². The molecular weight excluding hydrogens is 396 g/mol. The Labute approximate surface area is 151 Å². The summed E-state index contributed by atoms with van der Waals surface area (Å²) in [6.45, 7) is 0. The van der Waals surface area contributed by atoms with Gasteiger partial charge < -0.3 is 10.2 Å². The zero-order chi connectivity index (χ0) is 18.1. The van der Waals surface area contributed by atoms with E-state index < -0.39 is 24.1 Å². The quantitative estimate of drug-likeness (QED) is 0.764. The Morgan fingerprint density at radius 3 is 2.44 bits per heavy atom. The fourth-order valence-corrected chi connectivity index (χ4v) is 3.81. The van der Waals surface area contributed by atoms with E-state index >= 15 is 0 Å². The highest BCUT2D eigenvalue weighted by atomic mass is 79.9. The Kier molecular flexibility index (Phi) is 4.89. The number of amides is 3. The van der Waals surface area contributed by atoms with Crippen LogP contribution >= 0.6 is 15.9 Å². The molecule has 2 N–H and O–H groups in total. The number of nitrogens with zero attached hydrogens (tertiary/aromatic N) is 4. The first-order chi connectivity index (χ1) is 11.9. The van der Waals surface area contributed by atoms with Gasteiger partial charge in [0.25, 0.3) is 5.91 Å². The lowest BCUT2D eigenvalue weighted by Gasteiger charge is -2.38. The molecule has 1 atom stereocenters. The third-order valence-corrected chi connectivity index (χ3v) is 5.02. The van der Waals surface area contributed by atoms with Crippen molar-refractivity contribution in [1.29, 1.82) is 0 Å². The molecule has 0 aromatic carbocycles. The van der Waals surface area contributed by atoms with Crippen molar-refractivity contribution in [3.05, 3.63) is 10.8 Å². The highest BCUT2D eigenvalue weighted by molar-refractivity contribution is 9.10. The molecule has 0 spiro atoms. The number of hydrogen-bond donors (Lipinski definition) is 2. The number of imide groups is 1. The van der Waals surface area contributed by atoms with Crippen molar-refractivity contribution < 1.29 is 24.6 Å². The van der Waals surface area contributed by atoms with Gasteiger partial charge in [-0.2, -0.15) is 4.90 Å². The molecule has 1 aromatic heterocycles. The van der Waals surface area contributed by atoms with Crippen LogP contribution in [0.2, 0.25) is 0 Å². The van der Waals surface area contributed by atoms with Crippen molar-refractivity contribution in [2.75, 3.05) is 9.80 Å². The summed E-state index contributed by atoms with van der Waals surface area (Å²) < 4.78 is 0.258. The lowest BCUT2D eigenvalue weighted by Crippen LogP contribution is -2.58. The van der Waals surface area contributed by atoms with Gasteiger partial charge in [0, 0.05) is 0 Å². The highest BCUT2D eigenvalue weighted by Gasteiger charge is 2.46. The molecule has 2 heterocycles. The molecule has 3 rings (SSSR count). The van der Waals surface area contributed by atoms with Crippen molar-refractivity contribution in [1.82, 2.24) is 9.97 Å². The van der Waals surface area contributed by atoms with E-state index in [4.69, 9.17) is 0 Å². The fraction of sp³-hybridized carbons (Fsp3) is 0.533. The van der Waals surface area contributed by atoms with Crippen LogP contribution in [-0.2, 0) is 4.79 Å². The molecule has 1 fully saturated rings. The first-order valence-corrected chi connectivity index (χ1v) is 8.81. The smallest absolute Gasteiger partial charge is 0.420 e. The molecule has 0 radical (unpaired) electrons. The van der Waals surface area contributed by atoms with Crippen molar-refractivity contribution in [3.63, 3.8) is 0 Å². The molecule has 0 saturated heterocycles. The Hall–Kier alpha value is -2.23. The number of anilines is 2. The second-order valence-electron chi connectivity index (χ2n) is 6.20. The topological polar surface area (TPSA) is 124 Å². The molecule has 1 aliphatic carbocycles. The van der Waals surface area contributed by atoms with Gasteiger partial charge in [-0.1, -0.05) is 32.1 Å². The lowest BCUT2D eigenvalue weighted by molar-refractivity contribution is -0.120. The molecule has 134 valence electrons. The summed E-state index contributed by atoms with van der Waals surface area (Å²) in [5.74, 6) is -1.06. The Morgan fingerprint density at radius 1 is 1.16 bits per heavy atom. The zero-order valence-electron chi connectivity index (χ0n) is 13.3. The number of rotatable bonds is 2. The standard InChI is InChI=1S/C15H17BrN4O5/c16-10-7-17-11-12(18-10)19(14(22)23)9(13(21)20(11)15(24)25)6-8-4-2-1-3-5-8/h7-9H,1-6H2,(H,22,23)(H,24,25)/t9-/m1/s1. The highest BCUT2D eigenvalue weighted by Crippen LogP contribution is 2.38. The maximum Gasteiger partial charge on any atom is 0.420 e. The molecule has 9 nitrogen and oxygen atoms in total. The molecule has 0 unspecified atom stereocenters. The molecule has 1 aromatic rings. The van der Waals surface area contributed by atoms with E-state index in [-0.39, 0.29) is 28.6 Å². The Bertz CT molecular complexity index is 722. The molecule has 0 bridgehead atoms. The third kappa shape index (κ3) is 3.30. The number of hydrogen-bond acceptors (Lipinski definition) is 5. The normalized spacial score (nSPS) is 21.2. The van der Waals surface area contributed by atoms with Crippen LogP contribution < -0.4 is 9.80 Å². The van der Waals surface area contributed by atoms with E-state index in [1.165, 1.54) is 6.20 Å². The number of fused-ring (bicyclic) bond motifs is 1. The second-order valence-corrected chi connectivity index (χ2v) is 7.02. The molecule has 1 aliphatic heterocycles. The van der Waals surface area contributed by atoms with E-state index in [9.17, 15) is 24.6 Å². The van der Waals surface area contributed by atoms with Gasteiger partial charge in [0.2, 0.25) is 0 Å². The van der Waals surface area contributed by atoms with E-state index in [1.54, 1.807) is 0 Å². The molecule has 1 saturated carbocycles. The van der Waals surface area contributed by atoms with Gasteiger partial charge in [0.05, 0.1) is 6.20 Å². The molecule has 10 heteroatoms. The average Bonchev–Trinajstić information content (AvgIpc) is 2.56. The summed E-state index contributed by atoms with van der Waals surface area (Å²) in [6.07, 6.45) is 3.65. The summed E-state index contributed by atoms with van der Waals surface area (Å²) in [5.41, 5.74) is 0. The van der Waals surface area contributed by atoms with E-state index in [0.717, 1.165) is 37.0 Å². The fourth-order valence-electron chi connectivity index (χ4n) is 3.54. The number of aromatic nitrogens is 2. The van der Waals surface area contributed by atoms with Crippen LogP contribution in [0.3, 0.4) is 0 Å². The van der Waals surface area contributed by atoms with Crippen molar-refractivity contribution in [2.24, 2.45) is 5.92 Å². The van der Waals surface area contributed by atoms with Gasteiger partial charge >= 0.3 is 12.2 Å². The van der Waals surface area contributed by atoms with E-state index in [0.29, 0.717) is 4.90 Å². The third-order valence-electron chi connectivity index (χ3n) is 4.64. The number of carboxylic acid groups (broad SMARTS) is 2. The number of carbonyl (C=O) groups excluding carboxylic acids is 1. The summed E-state index contributed by atoms with van der Waals surface area (Å²) in [6, 6.07) is -1.12. The first-order valence-electron chi connectivity index (χ1n) is 8.01. The van der Waals surface area contributed by atoms with Crippen LogP contribution in [0.15, 0.2) is 10.8 Å². The van der Waals surface area contributed by atoms with Gasteiger partial charge in [0.15, 0.2) is 11.6 Å². The SMILES string of the molecule is O=C(O)N1C(=O)[C@@H](CC2CCCCC2)N(C(=O)O)c2nc(Br)cnc21. The average molecular weight is 413 g/mol. The van der Waals surface area contributed by atoms with Gasteiger partial charge in [0.1, 0.15) is 10.6 Å². The lowest BCUT2D eigenvalue weighted by atomic mass is 9.84. The molecule has 25 heavy (non-hydrogen) atoms. The largest absolute Gasteiger partial charge is 0.465 e. The summed E-state index contributed by atoms with van der Waals surface area (Å²) >= 11 is 3.11. The van der Waals surface area contributed by atoms with Crippen LogP contribution in [0.1, 0.15) is 38.5 Å². The summed E-state index contributed by atoms with van der Waals surface area (Å²) in [7, 11) is 0. The van der Waals surface area contributed by atoms with Gasteiger partial charge in [-0.05, 0) is 28.3 Å². The predicted molar refractivity (Wildman–Crippen MR) is 90.7 cm³/mol. The van der Waals surface area contributed by atoms with E-state index in [1.807, 2.05) is 0 Å². The van der Waals surface area contributed by atoms with Crippen LogP contribution in [0, 0.1) is 5.92 Å². The minimum atomic E-state index is -1.50. The van der Waals surface area contributed by atoms with Gasteiger partial charge in [-0.3, -0.25) is 4.79 Å². The van der Waals surface area contributed by atoms with Crippen molar-refractivity contribution in [3.8, 4) is 0 Å². The van der Waals surface area contributed by atoms with Gasteiger partial charge in [-0.25, -0.2) is 24.5 Å². The second kappa shape index (κ2) is 6.95. The van der Waals surface area contributed by atoms with Gasteiger partial charge in [-0.15, -0.1) is 0 Å². The Morgan fingerprint density at radius 2 is 1.84 bits per heavy atom. The van der Waals surface area contributed by atoms with Crippen molar-refractivity contribution >= 4 is 45.7 Å². The number of carbonyl (C=O) groups is 3. The molecule has 3 amide bonds. The van der Waals surface area contributed by atoms with Crippen molar-refractivity contribution in [2.45, 2.75) is 44.6 Å². The van der Waals surface area contributed by atoms with Crippen LogP contribution in [0.4, 0.5) is 21.2 Å². The number of halogens is 1. The maximum absolute atomic E-state index is 12.8. The summed E-state index contributed by atoms with van der Waals surface area (Å²) in [5, 5.41) is 19.1.